The lowest BCUT2D eigenvalue weighted by Gasteiger charge is -2.48. The van der Waals surface area contributed by atoms with Crippen molar-refractivity contribution >= 4 is 123 Å². The fraction of sp³-hybridized carbons (Fsp3) is 0. The van der Waals surface area contributed by atoms with Crippen LogP contribution < -0.4 is 41.5 Å². The first kappa shape index (κ1) is 47.5. The zero-order valence-corrected chi connectivity index (χ0v) is 47.4. The van der Waals surface area contributed by atoms with Gasteiger partial charge in [-0.05, 0) is 125 Å². The lowest BCUT2D eigenvalue weighted by atomic mass is 10.1. The maximum atomic E-state index is 2.60. The van der Waals surface area contributed by atoms with Crippen molar-refractivity contribution in [1.82, 2.24) is 13.7 Å². The van der Waals surface area contributed by atoms with Crippen LogP contribution in [0.25, 0.3) is 93.6 Å². The highest BCUT2D eigenvalue weighted by Crippen LogP contribution is 2.40. The number of para-hydroxylation sites is 3. The van der Waals surface area contributed by atoms with Crippen LogP contribution in [-0.2, 0) is 0 Å². The van der Waals surface area contributed by atoms with Crippen molar-refractivity contribution in [2.24, 2.45) is 0 Å². The van der Waals surface area contributed by atoms with Gasteiger partial charge in [0.15, 0.2) is 16.1 Å². The van der Waals surface area contributed by atoms with Gasteiger partial charge in [0.2, 0.25) is 0 Å². The summed E-state index contributed by atoms with van der Waals surface area (Å²) in [6, 6.07) is 122. The van der Waals surface area contributed by atoms with Crippen LogP contribution in [0.4, 0.5) is 0 Å². The van der Waals surface area contributed by atoms with E-state index in [1.54, 1.807) is 0 Å². The number of hydrogen-bond donors (Lipinski definition) is 0. The molecule has 0 atom stereocenters. The molecule has 17 rings (SSSR count). The first-order valence-corrected chi connectivity index (χ1v) is 32.8. The molecule has 83 heavy (non-hydrogen) atoms. The zero-order chi connectivity index (χ0) is 54.6. The van der Waals surface area contributed by atoms with E-state index in [1.165, 1.54) is 107 Å². The third-order valence-corrected chi connectivity index (χ3v) is 28.5. The van der Waals surface area contributed by atoms with E-state index >= 15 is 0 Å². The van der Waals surface area contributed by atoms with Crippen molar-refractivity contribution in [3.63, 3.8) is 0 Å². The van der Waals surface area contributed by atoms with Gasteiger partial charge in [-0.2, -0.15) is 0 Å². The van der Waals surface area contributed by atoms with Gasteiger partial charge in [0, 0.05) is 49.4 Å². The number of aromatic nitrogens is 3. The van der Waals surface area contributed by atoms with E-state index in [2.05, 4.69) is 335 Å². The van der Waals surface area contributed by atoms with Gasteiger partial charge < -0.3 is 13.7 Å². The summed E-state index contributed by atoms with van der Waals surface area (Å²) in [6.07, 6.45) is 0. The normalized spacial score (nSPS) is 13.5. The number of nitrogens with zero attached hydrogens (tertiary/aromatic N) is 3. The molecule has 1 aliphatic heterocycles. The van der Waals surface area contributed by atoms with Crippen LogP contribution in [0.1, 0.15) is 0 Å². The predicted molar refractivity (Wildman–Crippen MR) is 356 cm³/mol. The van der Waals surface area contributed by atoms with Crippen LogP contribution in [0.15, 0.2) is 322 Å². The van der Waals surface area contributed by atoms with Crippen molar-refractivity contribution in [3.05, 3.63) is 322 Å². The average molecular weight is 1090 g/mol. The van der Waals surface area contributed by atoms with Gasteiger partial charge in [0.05, 0.1) is 33.1 Å². The molecule has 3 aromatic heterocycles. The van der Waals surface area contributed by atoms with Crippen LogP contribution in [0.3, 0.4) is 0 Å². The molecule has 0 amide bonds. The molecule has 388 valence electrons. The van der Waals surface area contributed by atoms with Crippen LogP contribution in [-0.4, -0.2) is 29.8 Å². The highest BCUT2D eigenvalue weighted by molar-refractivity contribution is 7.33. The van der Waals surface area contributed by atoms with E-state index in [0.717, 1.165) is 28.1 Å². The van der Waals surface area contributed by atoms with Gasteiger partial charge in [-0.1, -0.05) is 249 Å². The molecule has 0 N–H and O–H groups in total. The number of hydrogen-bond acceptors (Lipinski definition) is 0. The largest absolute Gasteiger partial charge is 0.309 e. The van der Waals surface area contributed by atoms with Gasteiger partial charge in [-0.25, -0.2) is 0 Å². The monoisotopic (exact) mass is 1090 g/mol. The second kappa shape index (κ2) is 18.6. The first-order chi connectivity index (χ1) is 41.2. The summed E-state index contributed by atoms with van der Waals surface area (Å²) in [5, 5.41) is 18.8. The molecular formula is C78H53N3Si2. The van der Waals surface area contributed by atoms with Gasteiger partial charge in [-0.15, -0.1) is 0 Å². The molecule has 16 aromatic rings. The number of rotatable bonds is 8. The molecule has 0 saturated carbocycles. The number of benzene rings is 13. The average Bonchev–Trinajstić information content (AvgIpc) is 2.65. The Morgan fingerprint density at radius 1 is 0.181 bits per heavy atom. The van der Waals surface area contributed by atoms with Crippen molar-refractivity contribution in [1.29, 1.82) is 0 Å². The Bertz CT molecular complexity index is 5070. The minimum Gasteiger partial charge on any atom is -0.309 e. The minimum absolute atomic E-state index is 1.12. The maximum absolute atomic E-state index is 3.12. The summed E-state index contributed by atoms with van der Waals surface area (Å²) in [5.74, 6) is 0. The van der Waals surface area contributed by atoms with Crippen LogP contribution in [0, 0.1) is 0 Å². The first-order valence-electron chi connectivity index (χ1n) is 28.8. The molecule has 0 spiro atoms. The minimum atomic E-state index is -3.12. The van der Waals surface area contributed by atoms with E-state index in [-0.39, 0.29) is 0 Å². The Hall–Kier alpha value is -10.3. The Morgan fingerprint density at radius 3 is 0.976 bits per heavy atom. The van der Waals surface area contributed by atoms with E-state index in [4.69, 9.17) is 0 Å². The second-order valence-electron chi connectivity index (χ2n) is 22.3. The van der Waals surface area contributed by atoms with E-state index < -0.39 is 16.1 Å². The Kier molecular flexibility index (Phi) is 10.7. The van der Waals surface area contributed by atoms with Gasteiger partial charge in [0.1, 0.15) is 0 Å². The fourth-order valence-electron chi connectivity index (χ4n) is 14.9. The van der Waals surface area contributed by atoms with Crippen molar-refractivity contribution in [2.45, 2.75) is 0 Å². The third-order valence-electron chi connectivity index (χ3n) is 18.2. The highest BCUT2D eigenvalue weighted by atomic mass is 28.3. The smallest absolute Gasteiger partial charge is 0.179 e. The molecule has 0 saturated heterocycles. The number of fused-ring (bicyclic) bond motifs is 11. The molecule has 0 radical (unpaired) electrons. The topological polar surface area (TPSA) is 14.8 Å². The summed E-state index contributed by atoms with van der Waals surface area (Å²) in [7, 11) is -6.01. The van der Waals surface area contributed by atoms with Crippen LogP contribution in [0.2, 0.25) is 0 Å². The Balaban J connectivity index is 0.943. The lowest BCUT2D eigenvalue weighted by Crippen LogP contribution is -2.93. The Morgan fingerprint density at radius 2 is 0.518 bits per heavy atom. The molecule has 0 unspecified atom stereocenters. The zero-order valence-electron chi connectivity index (χ0n) is 45.4. The van der Waals surface area contributed by atoms with Gasteiger partial charge >= 0.3 is 0 Å². The lowest BCUT2D eigenvalue weighted by molar-refractivity contribution is 1.16. The van der Waals surface area contributed by atoms with E-state index in [0.29, 0.717) is 0 Å². The maximum Gasteiger partial charge on any atom is 0.179 e. The SMILES string of the molecule is c1ccc(-c2cccc(-n3c4ccc(-n5c6ccccc6c6ccccc65)cc4c4cc(-n5c6ccccc6c6ccc([Si]7(c8ccccc8)c8ccccc8[Si](c8ccccc8)(c8ccccc8)c8ccccc87)cc65)ccc43)c2)cc1. The molecule has 1 aliphatic rings. The van der Waals surface area contributed by atoms with Crippen molar-refractivity contribution in [2.75, 3.05) is 0 Å². The summed E-state index contributed by atoms with van der Waals surface area (Å²) in [6.45, 7) is 0. The molecule has 0 aliphatic carbocycles. The molecule has 0 fully saturated rings. The quantitative estimate of drug-likeness (QED) is 0.135. The van der Waals surface area contributed by atoms with Gasteiger partial charge in [0.25, 0.3) is 0 Å². The highest BCUT2D eigenvalue weighted by Gasteiger charge is 2.56. The molecule has 4 heterocycles. The summed E-state index contributed by atoms with van der Waals surface area (Å²) < 4.78 is 7.48. The summed E-state index contributed by atoms with van der Waals surface area (Å²) in [4.78, 5) is 0. The molecule has 5 heteroatoms. The predicted octanol–water partition coefficient (Wildman–Crippen LogP) is 13.7. The summed E-state index contributed by atoms with van der Waals surface area (Å²) in [5.41, 5.74) is 12.9. The second-order valence-corrected chi connectivity index (χ2v) is 29.8. The Labute approximate surface area is 483 Å². The van der Waals surface area contributed by atoms with Crippen LogP contribution >= 0.6 is 0 Å². The van der Waals surface area contributed by atoms with E-state index in [9.17, 15) is 0 Å². The molecule has 3 nitrogen and oxygen atoms in total. The van der Waals surface area contributed by atoms with E-state index in [1.807, 2.05) is 0 Å². The standard InChI is InChI=1S/C78H53N3Si2/c1-5-24-54(25-6-1)55-26-23-27-56(50-55)79-72-48-44-57(80-69-37-16-13-34-63(69)64-35-14-17-38-70(64)80)51-67(72)68-52-58(45-49-73(68)79)81-71-39-18-15-36-65(71)66-47-46-62(53-74(66)81)83(61-32-11-4-12-33-61)77-42-21-19-40-75(77)82(59-28-7-2-8-29-59,60-30-9-3-10-31-60)76-41-20-22-43-78(76)83/h1-53H. The fourth-order valence-corrected chi connectivity index (χ4v) is 27.0. The molecule has 13 aromatic carbocycles. The van der Waals surface area contributed by atoms with Crippen molar-refractivity contribution < 1.29 is 0 Å². The van der Waals surface area contributed by atoms with Crippen molar-refractivity contribution in [3.8, 4) is 28.2 Å². The summed E-state index contributed by atoms with van der Waals surface area (Å²) >= 11 is 0. The van der Waals surface area contributed by atoms with Gasteiger partial charge in [-0.3, -0.25) is 0 Å². The molecular weight excluding hydrogens is 1040 g/mol. The van der Waals surface area contributed by atoms with Crippen LogP contribution in [0.5, 0.6) is 0 Å². The third kappa shape index (κ3) is 6.84. The molecule has 0 bridgehead atoms.